The highest BCUT2D eigenvalue weighted by molar-refractivity contribution is 7.09. The maximum atomic E-state index is 13.3. The van der Waals surface area contributed by atoms with Gasteiger partial charge in [-0.15, -0.1) is 11.3 Å². The minimum Gasteiger partial charge on any atom is -0.367 e. The molecule has 6 heteroatoms. The van der Waals surface area contributed by atoms with Crippen molar-refractivity contribution in [1.82, 2.24) is 9.80 Å². The van der Waals surface area contributed by atoms with Crippen LogP contribution < -0.4 is 0 Å². The van der Waals surface area contributed by atoms with Gasteiger partial charge < -0.3 is 14.5 Å². The molecule has 0 atom stereocenters. The number of thiophene rings is 1. The van der Waals surface area contributed by atoms with Crippen molar-refractivity contribution in [2.24, 2.45) is 0 Å². The Labute approximate surface area is 200 Å². The van der Waals surface area contributed by atoms with Crippen molar-refractivity contribution >= 4 is 23.2 Å². The number of rotatable bonds is 13. The van der Waals surface area contributed by atoms with Crippen LogP contribution in [0.15, 0.2) is 78.2 Å². The van der Waals surface area contributed by atoms with E-state index in [4.69, 9.17) is 4.74 Å². The highest BCUT2D eigenvalue weighted by Gasteiger charge is 2.22. The fraction of sp³-hybridized carbons (Fsp3) is 0.333. The van der Waals surface area contributed by atoms with Crippen LogP contribution in [0, 0.1) is 0 Å². The van der Waals surface area contributed by atoms with Crippen molar-refractivity contribution in [2.75, 3.05) is 19.7 Å². The van der Waals surface area contributed by atoms with E-state index in [9.17, 15) is 9.59 Å². The van der Waals surface area contributed by atoms with Gasteiger partial charge in [-0.05, 0) is 29.0 Å². The Morgan fingerprint density at radius 2 is 1.52 bits per heavy atom. The molecule has 174 valence electrons. The summed E-state index contributed by atoms with van der Waals surface area (Å²) in [5.41, 5.74) is 2.09. The third-order valence-corrected chi connectivity index (χ3v) is 6.15. The van der Waals surface area contributed by atoms with E-state index in [1.54, 1.807) is 16.2 Å². The van der Waals surface area contributed by atoms with Gasteiger partial charge in [-0.2, -0.15) is 0 Å². The zero-order chi connectivity index (χ0) is 23.3. The van der Waals surface area contributed by atoms with E-state index in [2.05, 4.69) is 6.92 Å². The van der Waals surface area contributed by atoms with Gasteiger partial charge in [0.2, 0.25) is 11.8 Å². The standard InChI is InChI=1S/C27H32N2O3S/c1-2-3-16-28(27(31)22-32-21-24-13-8-5-9-14-24)20-26(30)29(19-25-15-10-17-33-25)18-23-11-6-4-7-12-23/h4-15,17H,2-3,16,18-22H2,1H3. The number of carbonyl (C=O) groups is 2. The number of hydrogen-bond donors (Lipinski definition) is 0. The van der Waals surface area contributed by atoms with E-state index >= 15 is 0 Å². The number of unbranched alkanes of at least 4 members (excludes halogenated alkanes) is 1. The number of ether oxygens (including phenoxy) is 1. The van der Waals surface area contributed by atoms with Crippen molar-refractivity contribution in [3.63, 3.8) is 0 Å². The van der Waals surface area contributed by atoms with E-state index in [0.717, 1.165) is 28.8 Å². The quantitative estimate of drug-likeness (QED) is 0.353. The molecule has 1 heterocycles. The van der Waals surface area contributed by atoms with Crippen LogP contribution in [0.2, 0.25) is 0 Å². The van der Waals surface area contributed by atoms with Crippen LogP contribution in [0.1, 0.15) is 35.8 Å². The summed E-state index contributed by atoms with van der Waals surface area (Å²) in [4.78, 5) is 30.8. The van der Waals surface area contributed by atoms with Gasteiger partial charge in [0.1, 0.15) is 6.61 Å². The third-order valence-electron chi connectivity index (χ3n) is 5.29. The summed E-state index contributed by atoms with van der Waals surface area (Å²) in [6.07, 6.45) is 1.80. The lowest BCUT2D eigenvalue weighted by Crippen LogP contribution is -2.44. The molecule has 3 aromatic rings. The average Bonchev–Trinajstić information content (AvgIpc) is 3.35. The molecular weight excluding hydrogens is 432 g/mol. The molecule has 5 nitrogen and oxygen atoms in total. The van der Waals surface area contributed by atoms with Crippen LogP contribution in [0.25, 0.3) is 0 Å². The van der Waals surface area contributed by atoms with E-state index < -0.39 is 0 Å². The fourth-order valence-corrected chi connectivity index (χ4v) is 4.17. The normalized spacial score (nSPS) is 10.7. The van der Waals surface area contributed by atoms with E-state index in [-0.39, 0.29) is 25.0 Å². The molecule has 33 heavy (non-hydrogen) atoms. The van der Waals surface area contributed by atoms with Crippen LogP contribution in [0.3, 0.4) is 0 Å². The highest BCUT2D eigenvalue weighted by Crippen LogP contribution is 2.15. The Kier molecular flexibility index (Phi) is 10.1. The van der Waals surface area contributed by atoms with Crippen molar-refractivity contribution in [2.45, 2.75) is 39.5 Å². The SMILES string of the molecule is CCCCN(CC(=O)N(Cc1ccccc1)Cc1cccs1)C(=O)COCc1ccccc1. The summed E-state index contributed by atoms with van der Waals surface area (Å²) >= 11 is 1.63. The monoisotopic (exact) mass is 464 g/mol. The first-order chi connectivity index (χ1) is 16.2. The second-order valence-electron chi connectivity index (χ2n) is 7.96. The summed E-state index contributed by atoms with van der Waals surface area (Å²) in [6.45, 7) is 4.08. The van der Waals surface area contributed by atoms with Gasteiger partial charge in [-0.25, -0.2) is 0 Å². The van der Waals surface area contributed by atoms with Crippen molar-refractivity contribution < 1.29 is 14.3 Å². The largest absolute Gasteiger partial charge is 0.367 e. The lowest BCUT2D eigenvalue weighted by atomic mass is 10.2. The minimum atomic E-state index is -0.150. The molecule has 0 aliphatic rings. The topological polar surface area (TPSA) is 49.9 Å². The molecule has 0 saturated heterocycles. The second-order valence-corrected chi connectivity index (χ2v) is 8.99. The van der Waals surface area contributed by atoms with Crippen molar-refractivity contribution in [1.29, 1.82) is 0 Å². The molecule has 0 N–H and O–H groups in total. The van der Waals surface area contributed by atoms with Crippen molar-refractivity contribution in [3.8, 4) is 0 Å². The number of amides is 2. The lowest BCUT2D eigenvalue weighted by Gasteiger charge is -2.27. The maximum Gasteiger partial charge on any atom is 0.249 e. The molecular formula is C27H32N2O3S. The molecule has 1 aromatic heterocycles. The Morgan fingerprint density at radius 3 is 2.15 bits per heavy atom. The summed E-state index contributed by atoms with van der Waals surface area (Å²) < 4.78 is 5.65. The molecule has 0 radical (unpaired) electrons. The van der Waals surface area contributed by atoms with E-state index in [1.807, 2.05) is 83.1 Å². The van der Waals surface area contributed by atoms with Gasteiger partial charge in [0.05, 0.1) is 19.7 Å². The second kappa shape index (κ2) is 13.6. The van der Waals surface area contributed by atoms with Gasteiger partial charge >= 0.3 is 0 Å². The van der Waals surface area contributed by atoms with Gasteiger partial charge in [0.25, 0.3) is 0 Å². The summed E-state index contributed by atoms with van der Waals surface area (Å²) in [5.74, 6) is -0.205. The molecule has 0 fully saturated rings. The Bertz CT molecular complexity index is 962. The van der Waals surface area contributed by atoms with E-state index in [1.165, 1.54) is 0 Å². The lowest BCUT2D eigenvalue weighted by molar-refractivity contribution is -0.144. The first kappa shape index (κ1) is 24.7. The molecule has 0 spiro atoms. The molecule has 0 aliphatic carbocycles. The number of benzene rings is 2. The number of hydrogen-bond acceptors (Lipinski definition) is 4. The fourth-order valence-electron chi connectivity index (χ4n) is 3.45. The highest BCUT2D eigenvalue weighted by atomic mass is 32.1. The first-order valence-corrected chi connectivity index (χ1v) is 12.3. The van der Waals surface area contributed by atoms with Gasteiger partial charge in [0.15, 0.2) is 0 Å². The van der Waals surface area contributed by atoms with E-state index in [0.29, 0.717) is 26.2 Å². The molecule has 0 saturated carbocycles. The van der Waals surface area contributed by atoms with Crippen molar-refractivity contribution in [3.05, 3.63) is 94.2 Å². The third kappa shape index (κ3) is 8.48. The molecule has 0 aliphatic heterocycles. The van der Waals surface area contributed by atoms with Crippen LogP contribution in [0.4, 0.5) is 0 Å². The van der Waals surface area contributed by atoms with Crippen LogP contribution in [0.5, 0.6) is 0 Å². The molecule has 2 amide bonds. The first-order valence-electron chi connectivity index (χ1n) is 11.4. The van der Waals surface area contributed by atoms with Crippen LogP contribution in [-0.4, -0.2) is 41.3 Å². The van der Waals surface area contributed by atoms with Crippen LogP contribution in [-0.2, 0) is 34.0 Å². The maximum absolute atomic E-state index is 13.3. The predicted molar refractivity (Wildman–Crippen MR) is 133 cm³/mol. The minimum absolute atomic E-state index is 0.0322. The van der Waals surface area contributed by atoms with Gasteiger partial charge in [-0.3, -0.25) is 9.59 Å². The average molecular weight is 465 g/mol. The molecule has 0 unspecified atom stereocenters. The Hall–Kier alpha value is -2.96. The number of nitrogens with zero attached hydrogens (tertiary/aromatic N) is 2. The zero-order valence-corrected chi connectivity index (χ0v) is 20.0. The number of carbonyl (C=O) groups excluding carboxylic acids is 2. The molecule has 2 aromatic carbocycles. The van der Waals surface area contributed by atoms with Gasteiger partial charge in [-0.1, -0.05) is 80.1 Å². The smallest absolute Gasteiger partial charge is 0.249 e. The summed E-state index contributed by atoms with van der Waals surface area (Å²) in [6, 6.07) is 23.8. The predicted octanol–water partition coefficient (Wildman–Crippen LogP) is 5.12. The van der Waals surface area contributed by atoms with Crippen LogP contribution >= 0.6 is 11.3 Å². The Balaban J connectivity index is 1.63. The Morgan fingerprint density at radius 1 is 0.818 bits per heavy atom. The summed E-state index contributed by atoms with van der Waals surface area (Å²) in [5, 5.41) is 2.02. The summed E-state index contributed by atoms with van der Waals surface area (Å²) in [7, 11) is 0. The molecule has 3 rings (SSSR count). The van der Waals surface area contributed by atoms with Gasteiger partial charge in [0, 0.05) is 18.0 Å². The zero-order valence-electron chi connectivity index (χ0n) is 19.2. The molecule has 0 bridgehead atoms.